The molecule has 0 amide bonds. The van der Waals surface area contributed by atoms with Crippen molar-refractivity contribution in [1.82, 2.24) is 0 Å². The summed E-state index contributed by atoms with van der Waals surface area (Å²) in [6, 6.07) is 4.73. The van der Waals surface area contributed by atoms with Crippen molar-refractivity contribution in [1.29, 1.82) is 0 Å². The Morgan fingerprint density at radius 3 is 2.67 bits per heavy atom. The van der Waals surface area contributed by atoms with Crippen LogP contribution in [0, 0.1) is 5.82 Å². The molecule has 1 aromatic carbocycles. The SMILES string of the molecule is CCO[C@H](CN)c1ccc(OC)c(F)c1. The number of hydrogen-bond acceptors (Lipinski definition) is 3. The highest BCUT2D eigenvalue weighted by Gasteiger charge is 2.12. The second-order valence-corrected chi connectivity index (χ2v) is 3.07. The van der Waals surface area contributed by atoms with E-state index in [4.69, 9.17) is 15.2 Å². The van der Waals surface area contributed by atoms with E-state index in [0.717, 1.165) is 5.56 Å². The van der Waals surface area contributed by atoms with Crippen LogP contribution in [0.4, 0.5) is 4.39 Å². The van der Waals surface area contributed by atoms with Crippen molar-refractivity contribution in [2.75, 3.05) is 20.3 Å². The van der Waals surface area contributed by atoms with Gasteiger partial charge in [0.1, 0.15) is 0 Å². The van der Waals surface area contributed by atoms with Gasteiger partial charge in [0, 0.05) is 13.2 Å². The van der Waals surface area contributed by atoms with Gasteiger partial charge in [0.05, 0.1) is 13.2 Å². The molecule has 1 rings (SSSR count). The molecule has 0 fully saturated rings. The molecule has 0 bridgehead atoms. The van der Waals surface area contributed by atoms with Gasteiger partial charge in [-0.2, -0.15) is 0 Å². The Balaban J connectivity index is 2.89. The zero-order valence-corrected chi connectivity index (χ0v) is 9.00. The van der Waals surface area contributed by atoms with E-state index in [2.05, 4.69) is 0 Å². The molecule has 2 N–H and O–H groups in total. The molecule has 0 unspecified atom stereocenters. The van der Waals surface area contributed by atoms with Crippen LogP contribution < -0.4 is 10.5 Å². The summed E-state index contributed by atoms with van der Waals surface area (Å²) in [6.07, 6.45) is -0.254. The fourth-order valence-corrected chi connectivity index (χ4v) is 1.38. The Morgan fingerprint density at radius 2 is 2.20 bits per heavy atom. The van der Waals surface area contributed by atoms with Crippen molar-refractivity contribution < 1.29 is 13.9 Å². The molecule has 1 atom stereocenters. The summed E-state index contributed by atoms with van der Waals surface area (Å²) in [7, 11) is 1.43. The quantitative estimate of drug-likeness (QED) is 0.812. The lowest BCUT2D eigenvalue weighted by Crippen LogP contribution is -2.16. The molecule has 1 aromatic rings. The lowest BCUT2D eigenvalue weighted by atomic mass is 10.1. The number of methoxy groups -OCH3 is 1. The van der Waals surface area contributed by atoms with Gasteiger partial charge in [0.15, 0.2) is 11.6 Å². The van der Waals surface area contributed by atoms with E-state index in [1.807, 2.05) is 6.92 Å². The summed E-state index contributed by atoms with van der Waals surface area (Å²) in [5, 5.41) is 0. The van der Waals surface area contributed by atoms with Gasteiger partial charge < -0.3 is 15.2 Å². The zero-order chi connectivity index (χ0) is 11.3. The molecule has 0 heterocycles. The molecule has 0 aliphatic heterocycles. The fraction of sp³-hybridized carbons (Fsp3) is 0.455. The predicted molar refractivity (Wildman–Crippen MR) is 56.4 cm³/mol. The highest BCUT2D eigenvalue weighted by atomic mass is 19.1. The van der Waals surface area contributed by atoms with E-state index in [1.165, 1.54) is 13.2 Å². The summed E-state index contributed by atoms with van der Waals surface area (Å²) < 4.78 is 23.6. The lowest BCUT2D eigenvalue weighted by Gasteiger charge is -2.15. The van der Waals surface area contributed by atoms with Crippen molar-refractivity contribution in [2.24, 2.45) is 5.73 Å². The van der Waals surface area contributed by atoms with E-state index in [9.17, 15) is 4.39 Å². The van der Waals surface area contributed by atoms with Crippen LogP contribution >= 0.6 is 0 Å². The lowest BCUT2D eigenvalue weighted by molar-refractivity contribution is 0.0686. The number of halogens is 1. The zero-order valence-electron chi connectivity index (χ0n) is 9.00. The van der Waals surface area contributed by atoms with Crippen LogP contribution in [0.25, 0.3) is 0 Å². The Morgan fingerprint density at radius 1 is 1.47 bits per heavy atom. The molecule has 4 heteroatoms. The van der Waals surface area contributed by atoms with Crippen LogP contribution in [0.1, 0.15) is 18.6 Å². The average Bonchev–Trinajstić information content (AvgIpc) is 2.25. The largest absolute Gasteiger partial charge is 0.494 e. The fourth-order valence-electron chi connectivity index (χ4n) is 1.38. The summed E-state index contributed by atoms with van der Waals surface area (Å²) in [5.41, 5.74) is 6.27. The topological polar surface area (TPSA) is 44.5 Å². The Hall–Kier alpha value is -1.13. The minimum atomic E-state index is -0.395. The van der Waals surface area contributed by atoms with Gasteiger partial charge in [0.25, 0.3) is 0 Å². The van der Waals surface area contributed by atoms with E-state index in [-0.39, 0.29) is 11.9 Å². The number of nitrogens with two attached hydrogens (primary N) is 1. The number of rotatable bonds is 5. The first-order valence-corrected chi connectivity index (χ1v) is 4.88. The average molecular weight is 213 g/mol. The van der Waals surface area contributed by atoms with Crippen molar-refractivity contribution >= 4 is 0 Å². The minimum absolute atomic E-state index is 0.228. The molecule has 0 spiro atoms. The molecule has 0 saturated carbocycles. The smallest absolute Gasteiger partial charge is 0.165 e. The van der Waals surface area contributed by atoms with Crippen molar-refractivity contribution in [3.63, 3.8) is 0 Å². The summed E-state index contributed by atoms with van der Waals surface area (Å²) >= 11 is 0. The molecule has 0 aliphatic rings. The van der Waals surface area contributed by atoms with Crippen LogP contribution in [0.2, 0.25) is 0 Å². The van der Waals surface area contributed by atoms with Crippen LogP contribution in [0.5, 0.6) is 5.75 Å². The van der Waals surface area contributed by atoms with E-state index >= 15 is 0 Å². The monoisotopic (exact) mass is 213 g/mol. The maximum absolute atomic E-state index is 13.4. The third-order valence-electron chi connectivity index (χ3n) is 2.13. The molecule has 0 aromatic heterocycles. The van der Waals surface area contributed by atoms with Gasteiger partial charge in [0.2, 0.25) is 0 Å². The van der Waals surface area contributed by atoms with Gasteiger partial charge in [-0.1, -0.05) is 6.07 Å². The van der Waals surface area contributed by atoms with Crippen molar-refractivity contribution in [2.45, 2.75) is 13.0 Å². The van der Waals surface area contributed by atoms with Crippen molar-refractivity contribution in [3.05, 3.63) is 29.6 Å². The standard InChI is InChI=1S/C11H16FNO2/c1-3-15-11(7-13)8-4-5-10(14-2)9(12)6-8/h4-6,11H,3,7,13H2,1-2H3/t11-/m1/s1. The Labute approximate surface area is 89.0 Å². The molecule has 0 aliphatic carbocycles. The second-order valence-electron chi connectivity index (χ2n) is 3.07. The molecule has 0 radical (unpaired) electrons. The highest BCUT2D eigenvalue weighted by Crippen LogP contribution is 2.23. The molecule has 84 valence electrons. The normalized spacial score (nSPS) is 12.5. The first-order chi connectivity index (χ1) is 7.22. The molecule has 3 nitrogen and oxygen atoms in total. The second kappa shape index (κ2) is 5.68. The summed E-state index contributed by atoms with van der Waals surface area (Å²) in [6.45, 7) is 2.76. The summed E-state index contributed by atoms with van der Waals surface area (Å²) in [5.74, 6) is -0.167. The summed E-state index contributed by atoms with van der Waals surface area (Å²) in [4.78, 5) is 0. The van der Waals surface area contributed by atoms with Crippen LogP contribution in [-0.2, 0) is 4.74 Å². The molecule has 0 saturated heterocycles. The molecular formula is C11H16FNO2. The predicted octanol–water partition coefficient (Wildman–Crippen LogP) is 1.87. The first kappa shape index (κ1) is 11.9. The Bertz CT molecular complexity index is 317. The minimum Gasteiger partial charge on any atom is -0.494 e. The van der Waals surface area contributed by atoms with Crippen LogP contribution in [0.3, 0.4) is 0 Å². The van der Waals surface area contributed by atoms with Crippen molar-refractivity contribution in [3.8, 4) is 5.75 Å². The highest BCUT2D eigenvalue weighted by molar-refractivity contribution is 5.30. The van der Waals surface area contributed by atoms with E-state index in [1.54, 1.807) is 12.1 Å². The van der Waals surface area contributed by atoms with E-state index < -0.39 is 5.82 Å². The third kappa shape index (κ3) is 2.91. The van der Waals surface area contributed by atoms with E-state index in [0.29, 0.717) is 13.2 Å². The maximum atomic E-state index is 13.4. The van der Waals surface area contributed by atoms with Gasteiger partial charge in [-0.3, -0.25) is 0 Å². The third-order valence-corrected chi connectivity index (χ3v) is 2.13. The van der Waals surface area contributed by atoms with Gasteiger partial charge in [-0.25, -0.2) is 4.39 Å². The number of benzene rings is 1. The number of ether oxygens (including phenoxy) is 2. The maximum Gasteiger partial charge on any atom is 0.165 e. The van der Waals surface area contributed by atoms with Crippen LogP contribution in [0.15, 0.2) is 18.2 Å². The molecule has 15 heavy (non-hydrogen) atoms. The van der Waals surface area contributed by atoms with Crippen LogP contribution in [-0.4, -0.2) is 20.3 Å². The number of hydrogen-bond donors (Lipinski definition) is 1. The van der Waals surface area contributed by atoms with Gasteiger partial charge in [-0.15, -0.1) is 0 Å². The van der Waals surface area contributed by atoms with Gasteiger partial charge in [-0.05, 0) is 24.6 Å². The Kier molecular flexibility index (Phi) is 4.52. The molecular weight excluding hydrogens is 197 g/mol. The van der Waals surface area contributed by atoms with Gasteiger partial charge >= 0.3 is 0 Å². The first-order valence-electron chi connectivity index (χ1n) is 4.88.